The molecule has 1 aliphatic rings. The fraction of sp³-hybridized carbons (Fsp3) is 0.412. The summed E-state index contributed by atoms with van der Waals surface area (Å²) in [5.74, 6) is 1.82. The molecule has 0 bridgehead atoms. The van der Waals surface area contributed by atoms with Gasteiger partial charge in [-0.1, -0.05) is 6.07 Å². The van der Waals surface area contributed by atoms with Crippen molar-refractivity contribution in [1.29, 1.82) is 0 Å². The van der Waals surface area contributed by atoms with E-state index >= 15 is 0 Å². The molecule has 3 rings (SSSR count). The molecule has 2 aromatic heterocycles. The molecule has 22 heavy (non-hydrogen) atoms. The maximum Gasteiger partial charge on any atom is 0.234 e. The van der Waals surface area contributed by atoms with E-state index in [2.05, 4.69) is 15.2 Å². The Balaban J connectivity index is 1.64. The number of rotatable bonds is 7. The van der Waals surface area contributed by atoms with Crippen LogP contribution in [0.15, 0.2) is 40.9 Å². The minimum atomic E-state index is 0.0710. The zero-order valence-electron chi connectivity index (χ0n) is 12.8. The van der Waals surface area contributed by atoms with Crippen molar-refractivity contribution in [2.75, 3.05) is 6.54 Å². The van der Waals surface area contributed by atoms with Gasteiger partial charge >= 0.3 is 0 Å². The second kappa shape index (κ2) is 6.75. The highest BCUT2D eigenvalue weighted by molar-refractivity contribution is 5.78. The van der Waals surface area contributed by atoms with Gasteiger partial charge in [-0.05, 0) is 44.0 Å². The Morgan fingerprint density at radius 1 is 1.32 bits per heavy atom. The molecular weight excluding hydrogens is 278 g/mol. The third-order valence-electron chi connectivity index (χ3n) is 3.60. The molecule has 0 aromatic carbocycles. The molecule has 1 fully saturated rings. The quantitative estimate of drug-likeness (QED) is 0.852. The summed E-state index contributed by atoms with van der Waals surface area (Å²) in [6.45, 7) is 3.50. The van der Waals surface area contributed by atoms with Gasteiger partial charge in [-0.2, -0.15) is 0 Å². The second-order valence-corrected chi connectivity index (χ2v) is 5.82. The Morgan fingerprint density at radius 2 is 2.18 bits per heavy atom. The van der Waals surface area contributed by atoms with Gasteiger partial charge < -0.3 is 9.73 Å². The maximum absolute atomic E-state index is 12.1. The summed E-state index contributed by atoms with van der Waals surface area (Å²) in [6, 6.07) is 10.1. The number of hydrogen-bond acceptors (Lipinski definition) is 4. The van der Waals surface area contributed by atoms with Crippen LogP contribution in [-0.2, 0) is 17.9 Å². The van der Waals surface area contributed by atoms with Gasteiger partial charge in [0.2, 0.25) is 5.91 Å². The Hall–Kier alpha value is -2.14. The monoisotopic (exact) mass is 299 g/mol. The third-order valence-corrected chi connectivity index (χ3v) is 3.60. The summed E-state index contributed by atoms with van der Waals surface area (Å²) >= 11 is 0. The van der Waals surface area contributed by atoms with E-state index in [0.717, 1.165) is 30.1 Å². The number of hydrogen-bond donors (Lipinski definition) is 1. The lowest BCUT2D eigenvalue weighted by molar-refractivity contribution is -0.122. The molecule has 116 valence electrons. The van der Waals surface area contributed by atoms with E-state index in [1.54, 1.807) is 6.20 Å². The first-order valence-electron chi connectivity index (χ1n) is 7.66. The smallest absolute Gasteiger partial charge is 0.234 e. The molecular formula is C17H21N3O2. The first-order chi connectivity index (χ1) is 10.7. The standard InChI is InChI=1S/C17H21N3O2/c1-13-5-8-16(22-13)11-20(10-15-4-2-3-9-18-15)12-17(21)19-14-6-7-14/h2-5,8-9,14H,6-7,10-12H2,1H3,(H,19,21). The minimum Gasteiger partial charge on any atom is -0.465 e. The highest BCUT2D eigenvalue weighted by Gasteiger charge is 2.24. The Kier molecular flexibility index (Phi) is 4.53. The Bertz CT molecular complexity index is 620. The average molecular weight is 299 g/mol. The fourth-order valence-electron chi connectivity index (χ4n) is 2.38. The van der Waals surface area contributed by atoms with E-state index in [4.69, 9.17) is 4.42 Å². The Morgan fingerprint density at radius 3 is 2.82 bits per heavy atom. The molecule has 0 spiro atoms. The molecule has 1 saturated carbocycles. The summed E-state index contributed by atoms with van der Waals surface area (Å²) < 4.78 is 5.63. The lowest BCUT2D eigenvalue weighted by Crippen LogP contribution is -2.37. The molecule has 0 atom stereocenters. The first kappa shape index (κ1) is 14.8. The van der Waals surface area contributed by atoms with Crippen molar-refractivity contribution in [3.63, 3.8) is 0 Å². The lowest BCUT2D eigenvalue weighted by atomic mass is 10.3. The molecule has 0 saturated heterocycles. The van der Waals surface area contributed by atoms with Crippen LogP contribution in [-0.4, -0.2) is 28.4 Å². The lowest BCUT2D eigenvalue weighted by Gasteiger charge is -2.20. The van der Waals surface area contributed by atoms with E-state index in [0.29, 0.717) is 25.7 Å². The highest BCUT2D eigenvalue weighted by atomic mass is 16.3. The number of nitrogens with one attached hydrogen (secondary N) is 1. The summed E-state index contributed by atoms with van der Waals surface area (Å²) in [7, 11) is 0. The number of aryl methyl sites for hydroxylation is 1. The SMILES string of the molecule is Cc1ccc(CN(CC(=O)NC2CC2)Cc2ccccn2)o1. The van der Waals surface area contributed by atoms with Gasteiger partial charge in [-0.25, -0.2) is 0 Å². The van der Waals surface area contributed by atoms with E-state index in [9.17, 15) is 4.79 Å². The number of pyridine rings is 1. The maximum atomic E-state index is 12.1. The van der Waals surface area contributed by atoms with Gasteiger partial charge in [0.15, 0.2) is 0 Å². The zero-order valence-corrected chi connectivity index (χ0v) is 12.8. The van der Waals surface area contributed by atoms with Crippen molar-refractivity contribution >= 4 is 5.91 Å². The number of carbonyl (C=O) groups excluding carboxylic acids is 1. The third kappa shape index (κ3) is 4.43. The molecule has 0 radical (unpaired) electrons. The van der Waals surface area contributed by atoms with Crippen LogP contribution in [0.4, 0.5) is 0 Å². The van der Waals surface area contributed by atoms with Crippen LogP contribution in [0.25, 0.3) is 0 Å². The van der Waals surface area contributed by atoms with Gasteiger partial charge in [0.05, 0.1) is 18.8 Å². The topological polar surface area (TPSA) is 58.4 Å². The summed E-state index contributed by atoms with van der Waals surface area (Å²) in [5, 5.41) is 3.03. The minimum absolute atomic E-state index is 0.0710. The predicted molar refractivity (Wildman–Crippen MR) is 83.0 cm³/mol. The van der Waals surface area contributed by atoms with Crippen LogP contribution in [0, 0.1) is 6.92 Å². The van der Waals surface area contributed by atoms with Gasteiger partial charge in [0, 0.05) is 18.8 Å². The van der Waals surface area contributed by atoms with Crippen molar-refractivity contribution in [1.82, 2.24) is 15.2 Å². The predicted octanol–water partition coefficient (Wildman–Crippen LogP) is 2.26. The van der Waals surface area contributed by atoms with Crippen molar-refractivity contribution in [2.45, 2.75) is 38.9 Å². The van der Waals surface area contributed by atoms with Crippen LogP contribution in [0.3, 0.4) is 0 Å². The molecule has 5 nitrogen and oxygen atoms in total. The number of aromatic nitrogens is 1. The van der Waals surface area contributed by atoms with Gasteiger partial charge in [0.25, 0.3) is 0 Å². The van der Waals surface area contributed by atoms with E-state index in [1.165, 1.54) is 0 Å². The van der Waals surface area contributed by atoms with Crippen LogP contribution >= 0.6 is 0 Å². The van der Waals surface area contributed by atoms with Gasteiger partial charge in [-0.3, -0.25) is 14.7 Å². The van der Waals surface area contributed by atoms with Gasteiger partial charge in [0.1, 0.15) is 11.5 Å². The normalized spacial score (nSPS) is 14.3. The van der Waals surface area contributed by atoms with Crippen LogP contribution in [0.1, 0.15) is 30.1 Å². The van der Waals surface area contributed by atoms with Crippen LogP contribution in [0.2, 0.25) is 0 Å². The molecule has 0 aliphatic heterocycles. The molecule has 1 amide bonds. The number of nitrogens with zero attached hydrogens (tertiary/aromatic N) is 2. The number of amides is 1. The van der Waals surface area contributed by atoms with Crippen molar-refractivity contribution < 1.29 is 9.21 Å². The Labute approximate surface area is 130 Å². The molecule has 2 aromatic rings. The molecule has 5 heteroatoms. The van der Waals surface area contributed by atoms with Crippen molar-refractivity contribution in [3.8, 4) is 0 Å². The fourth-order valence-corrected chi connectivity index (χ4v) is 2.38. The summed E-state index contributed by atoms with van der Waals surface area (Å²) in [5.41, 5.74) is 0.949. The summed E-state index contributed by atoms with van der Waals surface area (Å²) in [4.78, 5) is 18.5. The second-order valence-electron chi connectivity index (χ2n) is 5.82. The average Bonchev–Trinajstić information content (AvgIpc) is 3.20. The van der Waals surface area contributed by atoms with E-state index in [-0.39, 0.29) is 5.91 Å². The van der Waals surface area contributed by atoms with Crippen LogP contribution in [0.5, 0.6) is 0 Å². The highest BCUT2D eigenvalue weighted by Crippen LogP contribution is 2.18. The van der Waals surface area contributed by atoms with Crippen molar-refractivity contribution in [2.24, 2.45) is 0 Å². The molecule has 1 aliphatic carbocycles. The largest absolute Gasteiger partial charge is 0.465 e. The van der Waals surface area contributed by atoms with E-state index < -0.39 is 0 Å². The zero-order chi connectivity index (χ0) is 15.4. The first-order valence-corrected chi connectivity index (χ1v) is 7.66. The number of carbonyl (C=O) groups is 1. The van der Waals surface area contributed by atoms with Crippen LogP contribution < -0.4 is 5.32 Å². The molecule has 1 N–H and O–H groups in total. The van der Waals surface area contributed by atoms with E-state index in [1.807, 2.05) is 37.3 Å². The van der Waals surface area contributed by atoms with Crippen molar-refractivity contribution in [3.05, 3.63) is 53.7 Å². The van der Waals surface area contributed by atoms with Gasteiger partial charge in [-0.15, -0.1) is 0 Å². The summed E-state index contributed by atoms with van der Waals surface area (Å²) in [6.07, 6.45) is 3.97. The molecule has 0 unspecified atom stereocenters. The number of furan rings is 1. The molecule has 2 heterocycles.